The molecule has 1 aliphatic heterocycles. The molecule has 0 amide bonds. The monoisotopic (exact) mass is 395 g/mol. The molecular formula is C16H21N5O7. The van der Waals surface area contributed by atoms with Crippen molar-refractivity contribution in [2.45, 2.75) is 51.6 Å². The van der Waals surface area contributed by atoms with Crippen LogP contribution in [0.15, 0.2) is 12.7 Å². The number of esters is 2. The van der Waals surface area contributed by atoms with Crippen LogP contribution in [0.2, 0.25) is 0 Å². The molecule has 28 heavy (non-hydrogen) atoms. The van der Waals surface area contributed by atoms with Crippen LogP contribution in [-0.4, -0.2) is 59.9 Å². The van der Waals surface area contributed by atoms with E-state index in [0.717, 1.165) is 6.92 Å². The van der Waals surface area contributed by atoms with E-state index in [9.17, 15) is 19.8 Å². The second-order valence-electron chi connectivity index (χ2n) is 6.73. The van der Waals surface area contributed by atoms with E-state index in [1.807, 2.05) is 0 Å². The van der Waals surface area contributed by atoms with E-state index in [2.05, 4.69) is 15.0 Å². The molecule has 0 bridgehead atoms. The summed E-state index contributed by atoms with van der Waals surface area (Å²) in [6, 6.07) is 0. The molecule has 2 aromatic heterocycles. The lowest BCUT2D eigenvalue weighted by molar-refractivity contribution is -0.242. The highest BCUT2D eigenvalue weighted by Crippen LogP contribution is 2.41. The number of rotatable bonds is 5. The zero-order chi connectivity index (χ0) is 20.6. The van der Waals surface area contributed by atoms with Gasteiger partial charge in [0.2, 0.25) is 12.5 Å². The first-order valence-corrected chi connectivity index (χ1v) is 8.51. The van der Waals surface area contributed by atoms with Gasteiger partial charge in [0.15, 0.2) is 11.5 Å². The Kier molecular flexibility index (Phi) is 5.19. The van der Waals surface area contributed by atoms with Crippen LogP contribution in [0.3, 0.4) is 0 Å². The minimum absolute atomic E-state index is 0.111. The molecule has 1 fully saturated rings. The van der Waals surface area contributed by atoms with E-state index in [1.165, 1.54) is 17.2 Å². The molecule has 2 aromatic rings. The van der Waals surface area contributed by atoms with Crippen LogP contribution in [0.5, 0.6) is 0 Å². The van der Waals surface area contributed by atoms with E-state index < -0.39 is 42.3 Å². The summed E-state index contributed by atoms with van der Waals surface area (Å²) in [4.78, 5) is 35.2. The SMILES string of the molecule is CC(=O)O[C@@]1(O)C[C@@H](C(O)OC(=O)C(C)C)O[C@H]1n1cnc2c(N)ncnc21. The fourth-order valence-electron chi connectivity index (χ4n) is 2.87. The lowest BCUT2D eigenvalue weighted by Gasteiger charge is -2.28. The summed E-state index contributed by atoms with van der Waals surface area (Å²) in [5.41, 5.74) is 6.24. The third kappa shape index (κ3) is 3.61. The summed E-state index contributed by atoms with van der Waals surface area (Å²) in [5.74, 6) is -3.96. The molecule has 1 aliphatic rings. The molecule has 4 N–H and O–H groups in total. The second kappa shape index (κ2) is 7.30. The van der Waals surface area contributed by atoms with Crippen LogP contribution in [0, 0.1) is 5.92 Å². The minimum Gasteiger partial charge on any atom is -0.433 e. The average Bonchev–Trinajstić information content (AvgIpc) is 3.16. The van der Waals surface area contributed by atoms with Crippen molar-refractivity contribution in [1.82, 2.24) is 19.5 Å². The molecular weight excluding hydrogens is 374 g/mol. The smallest absolute Gasteiger partial charge is 0.310 e. The van der Waals surface area contributed by atoms with Crippen LogP contribution < -0.4 is 5.73 Å². The zero-order valence-corrected chi connectivity index (χ0v) is 15.5. The summed E-state index contributed by atoms with van der Waals surface area (Å²) in [6.45, 7) is 4.32. The third-order valence-corrected chi connectivity index (χ3v) is 4.17. The second-order valence-corrected chi connectivity index (χ2v) is 6.73. The molecule has 4 atom stereocenters. The highest BCUT2D eigenvalue weighted by molar-refractivity contribution is 5.81. The average molecular weight is 395 g/mol. The van der Waals surface area contributed by atoms with Gasteiger partial charge in [-0.3, -0.25) is 14.2 Å². The van der Waals surface area contributed by atoms with Gasteiger partial charge in [-0.15, -0.1) is 0 Å². The summed E-state index contributed by atoms with van der Waals surface area (Å²) >= 11 is 0. The van der Waals surface area contributed by atoms with Crippen molar-refractivity contribution >= 4 is 28.9 Å². The Bertz CT molecular complexity index is 901. The van der Waals surface area contributed by atoms with Crippen molar-refractivity contribution in [3.05, 3.63) is 12.7 Å². The van der Waals surface area contributed by atoms with Gasteiger partial charge in [-0.05, 0) is 0 Å². The first kappa shape index (κ1) is 19.9. The Morgan fingerprint density at radius 2 is 2.11 bits per heavy atom. The molecule has 3 rings (SSSR count). The van der Waals surface area contributed by atoms with E-state index in [4.69, 9.17) is 19.9 Å². The van der Waals surface area contributed by atoms with Gasteiger partial charge in [0.05, 0.1) is 18.7 Å². The maximum atomic E-state index is 11.7. The van der Waals surface area contributed by atoms with E-state index in [0.29, 0.717) is 0 Å². The number of fused-ring (bicyclic) bond motifs is 1. The van der Waals surface area contributed by atoms with Gasteiger partial charge in [-0.25, -0.2) is 15.0 Å². The highest BCUT2D eigenvalue weighted by Gasteiger charge is 2.55. The summed E-state index contributed by atoms with van der Waals surface area (Å²) < 4.78 is 17.0. The third-order valence-electron chi connectivity index (χ3n) is 4.17. The van der Waals surface area contributed by atoms with Gasteiger partial charge in [0.1, 0.15) is 17.9 Å². The lowest BCUT2D eigenvalue weighted by Crippen LogP contribution is -2.40. The van der Waals surface area contributed by atoms with Crippen molar-refractivity contribution in [1.29, 1.82) is 0 Å². The molecule has 0 radical (unpaired) electrons. The molecule has 3 heterocycles. The van der Waals surface area contributed by atoms with Crippen LogP contribution in [0.25, 0.3) is 11.2 Å². The summed E-state index contributed by atoms with van der Waals surface area (Å²) in [6.07, 6.45) is -2.06. The van der Waals surface area contributed by atoms with Crippen molar-refractivity contribution in [3.8, 4) is 0 Å². The summed E-state index contributed by atoms with van der Waals surface area (Å²) in [5, 5.41) is 21.2. The van der Waals surface area contributed by atoms with E-state index >= 15 is 0 Å². The molecule has 0 aliphatic carbocycles. The van der Waals surface area contributed by atoms with Crippen LogP contribution in [0.4, 0.5) is 5.82 Å². The minimum atomic E-state index is -2.17. The van der Waals surface area contributed by atoms with Gasteiger partial charge in [0.25, 0.3) is 5.79 Å². The molecule has 1 saturated heterocycles. The largest absolute Gasteiger partial charge is 0.433 e. The van der Waals surface area contributed by atoms with Crippen molar-refractivity contribution in [2.24, 2.45) is 5.92 Å². The predicted molar refractivity (Wildman–Crippen MR) is 91.9 cm³/mol. The Hall–Kier alpha value is -2.83. The number of hydrogen-bond donors (Lipinski definition) is 3. The van der Waals surface area contributed by atoms with Gasteiger partial charge < -0.3 is 30.2 Å². The van der Waals surface area contributed by atoms with E-state index in [-0.39, 0.29) is 23.4 Å². The van der Waals surface area contributed by atoms with Crippen molar-refractivity contribution in [3.63, 3.8) is 0 Å². The number of nitrogen functional groups attached to an aromatic ring is 1. The first-order chi connectivity index (χ1) is 13.1. The molecule has 0 saturated carbocycles. The number of nitrogens with two attached hydrogens (primary N) is 1. The normalized spacial score (nSPS) is 25.8. The number of imidazole rings is 1. The Morgan fingerprint density at radius 1 is 1.39 bits per heavy atom. The standard InChI is InChI=1S/C16H21N5O7/c1-7(2)13(23)27-14(24)9-4-16(25,28-8(3)22)15(26-9)21-6-20-10-11(17)18-5-19-12(10)21/h5-7,9,14-15,24-25H,4H2,1-3H3,(H2,17,18,19)/t9-,14?,15+,16-/m0/s1. The number of nitrogens with zero attached hydrogens (tertiary/aromatic N) is 4. The molecule has 152 valence electrons. The Morgan fingerprint density at radius 3 is 2.75 bits per heavy atom. The van der Waals surface area contributed by atoms with Gasteiger partial charge in [0, 0.05) is 6.92 Å². The highest BCUT2D eigenvalue weighted by atomic mass is 16.7. The number of carbonyl (C=O) groups excluding carboxylic acids is 2. The topological polar surface area (TPSA) is 172 Å². The maximum absolute atomic E-state index is 11.7. The number of anilines is 1. The quantitative estimate of drug-likeness (QED) is 0.438. The van der Waals surface area contributed by atoms with Crippen LogP contribution >= 0.6 is 0 Å². The fraction of sp³-hybridized carbons (Fsp3) is 0.562. The molecule has 12 nitrogen and oxygen atoms in total. The predicted octanol–water partition coefficient (Wildman–Crippen LogP) is -0.535. The Labute approximate surface area is 159 Å². The lowest BCUT2D eigenvalue weighted by atomic mass is 10.1. The number of carbonyl (C=O) groups is 2. The van der Waals surface area contributed by atoms with Crippen LogP contribution in [0.1, 0.15) is 33.4 Å². The number of aromatic nitrogens is 4. The number of ether oxygens (including phenoxy) is 3. The number of aliphatic hydroxyl groups excluding tert-OH is 1. The summed E-state index contributed by atoms with van der Waals surface area (Å²) in [7, 11) is 0. The van der Waals surface area contributed by atoms with Crippen LogP contribution in [-0.2, 0) is 23.8 Å². The maximum Gasteiger partial charge on any atom is 0.310 e. The van der Waals surface area contributed by atoms with Crippen molar-refractivity contribution in [2.75, 3.05) is 5.73 Å². The fourth-order valence-corrected chi connectivity index (χ4v) is 2.87. The van der Waals surface area contributed by atoms with Gasteiger partial charge in [-0.2, -0.15) is 0 Å². The molecule has 12 heteroatoms. The molecule has 0 aromatic carbocycles. The Balaban J connectivity index is 1.94. The van der Waals surface area contributed by atoms with Gasteiger partial charge >= 0.3 is 11.9 Å². The van der Waals surface area contributed by atoms with Gasteiger partial charge in [-0.1, -0.05) is 13.8 Å². The number of aliphatic hydroxyl groups is 2. The molecule has 0 spiro atoms. The zero-order valence-electron chi connectivity index (χ0n) is 15.5. The molecule has 1 unspecified atom stereocenters. The first-order valence-electron chi connectivity index (χ1n) is 8.51. The number of hydrogen-bond acceptors (Lipinski definition) is 11. The van der Waals surface area contributed by atoms with E-state index in [1.54, 1.807) is 13.8 Å². The van der Waals surface area contributed by atoms with Crippen molar-refractivity contribution < 1.29 is 34.0 Å².